The minimum Gasteiger partial charge on any atom is -0.364 e. The summed E-state index contributed by atoms with van der Waals surface area (Å²) in [6, 6.07) is 8.50. The number of halogens is 3. The van der Waals surface area contributed by atoms with Gasteiger partial charge in [-0.2, -0.15) is 23.3 Å². The van der Waals surface area contributed by atoms with Crippen molar-refractivity contribution in [2.45, 2.75) is 12.7 Å². The SMILES string of the molecule is FC(F)(F)c1cccc(Nc2nncc(NCc3cccnc3)n2)c1. The molecule has 2 N–H and O–H groups in total. The molecular weight excluding hydrogens is 333 g/mol. The Morgan fingerprint density at radius 2 is 1.92 bits per heavy atom. The summed E-state index contributed by atoms with van der Waals surface area (Å²) in [4.78, 5) is 8.18. The molecule has 0 saturated heterocycles. The van der Waals surface area contributed by atoms with Gasteiger partial charge in [-0.1, -0.05) is 12.1 Å². The van der Waals surface area contributed by atoms with E-state index in [9.17, 15) is 13.2 Å². The molecule has 1 aromatic carbocycles. The van der Waals surface area contributed by atoms with Gasteiger partial charge in [0.1, 0.15) is 0 Å². The Morgan fingerprint density at radius 1 is 1.04 bits per heavy atom. The van der Waals surface area contributed by atoms with Crippen LogP contribution in [0.1, 0.15) is 11.1 Å². The van der Waals surface area contributed by atoms with Gasteiger partial charge in [-0.25, -0.2) is 0 Å². The summed E-state index contributed by atoms with van der Waals surface area (Å²) in [6.07, 6.45) is 0.397. The third kappa shape index (κ3) is 4.63. The van der Waals surface area contributed by atoms with E-state index in [-0.39, 0.29) is 11.6 Å². The average Bonchev–Trinajstić information content (AvgIpc) is 2.61. The van der Waals surface area contributed by atoms with Gasteiger partial charge >= 0.3 is 6.18 Å². The van der Waals surface area contributed by atoms with Crippen molar-refractivity contribution in [2.24, 2.45) is 0 Å². The maximum Gasteiger partial charge on any atom is 0.416 e. The molecule has 128 valence electrons. The van der Waals surface area contributed by atoms with Crippen LogP contribution in [0.25, 0.3) is 0 Å². The highest BCUT2D eigenvalue weighted by molar-refractivity contribution is 5.55. The molecule has 0 atom stereocenters. The lowest BCUT2D eigenvalue weighted by atomic mass is 10.2. The first kappa shape index (κ1) is 16.6. The molecule has 3 aromatic rings. The maximum atomic E-state index is 12.7. The van der Waals surface area contributed by atoms with Gasteiger partial charge in [0.25, 0.3) is 0 Å². The zero-order valence-corrected chi connectivity index (χ0v) is 12.8. The number of hydrogen-bond donors (Lipinski definition) is 2. The first-order valence-corrected chi connectivity index (χ1v) is 7.27. The standard InChI is InChI=1S/C16H13F3N6/c17-16(18,19)12-4-1-5-13(7-12)23-15-24-14(10-22-25-15)21-9-11-3-2-6-20-8-11/h1-8,10H,9H2,(H2,21,23,24,25). The van der Waals surface area contributed by atoms with E-state index in [1.54, 1.807) is 12.4 Å². The molecule has 0 aliphatic rings. The number of hydrogen-bond acceptors (Lipinski definition) is 6. The number of nitrogens with one attached hydrogen (secondary N) is 2. The van der Waals surface area contributed by atoms with Crippen LogP contribution < -0.4 is 10.6 Å². The molecule has 0 aliphatic carbocycles. The smallest absolute Gasteiger partial charge is 0.364 e. The molecule has 25 heavy (non-hydrogen) atoms. The van der Waals surface area contributed by atoms with E-state index in [0.29, 0.717) is 12.4 Å². The fourth-order valence-electron chi connectivity index (χ4n) is 2.04. The van der Waals surface area contributed by atoms with Crippen LogP contribution in [0.15, 0.2) is 55.0 Å². The Kier molecular flexibility index (Phi) is 4.73. The highest BCUT2D eigenvalue weighted by Crippen LogP contribution is 2.31. The van der Waals surface area contributed by atoms with Crippen LogP contribution in [0.2, 0.25) is 0 Å². The minimum atomic E-state index is -4.41. The lowest BCUT2D eigenvalue weighted by Gasteiger charge is -2.10. The second-order valence-electron chi connectivity index (χ2n) is 5.08. The van der Waals surface area contributed by atoms with E-state index in [0.717, 1.165) is 17.7 Å². The van der Waals surface area contributed by atoms with Crippen LogP contribution in [-0.2, 0) is 12.7 Å². The number of alkyl halides is 3. The van der Waals surface area contributed by atoms with Crippen molar-refractivity contribution in [3.05, 3.63) is 66.1 Å². The van der Waals surface area contributed by atoms with Crippen LogP contribution in [0, 0.1) is 0 Å². The van der Waals surface area contributed by atoms with Crippen molar-refractivity contribution >= 4 is 17.5 Å². The van der Waals surface area contributed by atoms with Crippen LogP contribution in [0.3, 0.4) is 0 Å². The fourth-order valence-corrected chi connectivity index (χ4v) is 2.04. The number of nitrogens with zero attached hydrogens (tertiary/aromatic N) is 4. The monoisotopic (exact) mass is 346 g/mol. The van der Waals surface area contributed by atoms with E-state index in [1.807, 2.05) is 12.1 Å². The van der Waals surface area contributed by atoms with E-state index >= 15 is 0 Å². The molecule has 0 unspecified atom stereocenters. The number of anilines is 3. The Morgan fingerprint density at radius 3 is 2.68 bits per heavy atom. The molecule has 0 radical (unpaired) electrons. The van der Waals surface area contributed by atoms with Crippen molar-refractivity contribution in [3.8, 4) is 0 Å². The van der Waals surface area contributed by atoms with Crippen molar-refractivity contribution in [2.75, 3.05) is 10.6 Å². The van der Waals surface area contributed by atoms with Crippen LogP contribution in [0.4, 0.5) is 30.6 Å². The lowest BCUT2D eigenvalue weighted by Crippen LogP contribution is -2.07. The minimum absolute atomic E-state index is 0.0931. The van der Waals surface area contributed by atoms with Gasteiger partial charge in [0.05, 0.1) is 11.8 Å². The topological polar surface area (TPSA) is 75.6 Å². The predicted molar refractivity (Wildman–Crippen MR) is 86.1 cm³/mol. The Balaban J connectivity index is 1.69. The number of aromatic nitrogens is 4. The van der Waals surface area contributed by atoms with Gasteiger partial charge in [0.15, 0.2) is 5.82 Å². The summed E-state index contributed by atoms with van der Waals surface area (Å²) >= 11 is 0. The number of rotatable bonds is 5. The van der Waals surface area contributed by atoms with E-state index in [1.165, 1.54) is 18.3 Å². The summed E-state index contributed by atoms with van der Waals surface area (Å²) in [7, 11) is 0. The third-order valence-corrected chi connectivity index (χ3v) is 3.20. The molecule has 0 fully saturated rings. The molecule has 0 aliphatic heterocycles. The van der Waals surface area contributed by atoms with Gasteiger partial charge in [-0.3, -0.25) is 4.98 Å². The average molecular weight is 346 g/mol. The van der Waals surface area contributed by atoms with E-state index in [2.05, 4.69) is 30.8 Å². The van der Waals surface area contributed by atoms with Gasteiger partial charge in [-0.05, 0) is 29.8 Å². The molecule has 2 aromatic heterocycles. The van der Waals surface area contributed by atoms with E-state index in [4.69, 9.17) is 0 Å². The van der Waals surface area contributed by atoms with Gasteiger partial charge in [0, 0.05) is 24.6 Å². The first-order valence-electron chi connectivity index (χ1n) is 7.27. The summed E-state index contributed by atoms with van der Waals surface area (Å²) in [5.41, 5.74) is 0.422. The summed E-state index contributed by atoms with van der Waals surface area (Å²) in [6.45, 7) is 0.482. The zero-order chi connectivity index (χ0) is 17.7. The lowest BCUT2D eigenvalue weighted by molar-refractivity contribution is -0.137. The molecule has 0 saturated carbocycles. The highest BCUT2D eigenvalue weighted by atomic mass is 19.4. The van der Waals surface area contributed by atoms with Gasteiger partial charge < -0.3 is 10.6 Å². The quantitative estimate of drug-likeness (QED) is 0.735. The normalized spacial score (nSPS) is 11.2. The Labute approximate surface area is 141 Å². The molecule has 0 spiro atoms. The summed E-state index contributed by atoms with van der Waals surface area (Å²) in [5, 5.41) is 13.3. The number of pyridine rings is 1. The summed E-state index contributed by atoms with van der Waals surface area (Å²) < 4.78 is 38.2. The summed E-state index contributed by atoms with van der Waals surface area (Å²) in [5.74, 6) is 0.531. The third-order valence-electron chi connectivity index (χ3n) is 3.20. The number of benzene rings is 1. The van der Waals surface area contributed by atoms with Gasteiger partial charge in [-0.15, -0.1) is 5.10 Å². The first-order chi connectivity index (χ1) is 12.0. The molecule has 0 bridgehead atoms. The maximum absolute atomic E-state index is 12.7. The molecular formula is C16H13F3N6. The van der Waals surface area contributed by atoms with Crippen molar-refractivity contribution in [1.82, 2.24) is 20.2 Å². The predicted octanol–water partition coefficient (Wildman–Crippen LogP) is 3.64. The van der Waals surface area contributed by atoms with Crippen LogP contribution >= 0.6 is 0 Å². The molecule has 9 heteroatoms. The highest BCUT2D eigenvalue weighted by Gasteiger charge is 2.30. The van der Waals surface area contributed by atoms with Crippen molar-refractivity contribution in [1.29, 1.82) is 0 Å². The van der Waals surface area contributed by atoms with Crippen molar-refractivity contribution in [3.63, 3.8) is 0 Å². The largest absolute Gasteiger partial charge is 0.416 e. The molecule has 6 nitrogen and oxygen atoms in total. The zero-order valence-electron chi connectivity index (χ0n) is 12.8. The molecule has 2 heterocycles. The van der Waals surface area contributed by atoms with Crippen LogP contribution in [0.5, 0.6) is 0 Å². The second kappa shape index (κ2) is 7.12. The molecule has 0 amide bonds. The second-order valence-corrected chi connectivity index (χ2v) is 5.08. The molecule has 3 rings (SSSR count). The van der Waals surface area contributed by atoms with E-state index < -0.39 is 11.7 Å². The fraction of sp³-hybridized carbons (Fsp3) is 0.125. The van der Waals surface area contributed by atoms with Crippen molar-refractivity contribution < 1.29 is 13.2 Å². The Bertz CT molecular complexity index is 839. The Hall–Kier alpha value is -3.23. The van der Waals surface area contributed by atoms with Gasteiger partial charge in [0.2, 0.25) is 5.95 Å². The van der Waals surface area contributed by atoms with Crippen LogP contribution in [-0.4, -0.2) is 20.2 Å².